The lowest BCUT2D eigenvalue weighted by Crippen LogP contribution is -2.49. The normalized spacial score (nSPS) is 37.9. The first-order chi connectivity index (χ1) is 9.13. The van der Waals surface area contributed by atoms with Gasteiger partial charge in [0.25, 0.3) is 0 Å². The van der Waals surface area contributed by atoms with E-state index in [9.17, 15) is 9.90 Å². The lowest BCUT2D eigenvalue weighted by Gasteiger charge is -2.41. The predicted molar refractivity (Wildman–Crippen MR) is 68.5 cm³/mol. The molecule has 1 N–H and O–H groups in total. The first-order valence-corrected chi connectivity index (χ1v) is 7.20. The van der Waals surface area contributed by atoms with E-state index in [0.717, 1.165) is 32.1 Å². The zero-order valence-electron chi connectivity index (χ0n) is 11.6. The summed E-state index contributed by atoms with van der Waals surface area (Å²) in [6, 6.07) is 0. The molecule has 19 heavy (non-hydrogen) atoms. The minimum absolute atomic E-state index is 0.0315. The van der Waals surface area contributed by atoms with Crippen LogP contribution in [0.5, 0.6) is 0 Å². The number of carbonyl (C=O) groups is 1. The van der Waals surface area contributed by atoms with Gasteiger partial charge in [0.15, 0.2) is 5.79 Å². The van der Waals surface area contributed by atoms with Crippen molar-refractivity contribution in [2.24, 2.45) is 0 Å². The van der Waals surface area contributed by atoms with Crippen LogP contribution >= 0.6 is 0 Å². The Hall–Kier alpha value is -0.650. The molecule has 0 aromatic heterocycles. The van der Waals surface area contributed by atoms with Gasteiger partial charge in [0.2, 0.25) is 0 Å². The van der Waals surface area contributed by atoms with Gasteiger partial charge in [-0.25, -0.2) is 0 Å². The van der Waals surface area contributed by atoms with E-state index in [-0.39, 0.29) is 18.5 Å². The SMILES string of the molecule is CO[C@@]12CC(=O)OCCCCCC[C@@H](CC(O)C1)O2. The van der Waals surface area contributed by atoms with Crippen LogP contribution in [-0.4, -0.2) is 42.8 Å². The fourth-order valence-electron chi connectivity index (χ4n) is 2.92. The maximum Gasteiger partial charge on any atom is 0.311 e. The summed E-state index contributed by atoms with van der Waals surface area (Å²) in [7, 11) is 1.52. The van der Waals surface area contributed by atoms with E-state index in [0.29, 0.717) is 19.4 Å². The Morgan fingerprint density at radius 2 is 2.11 bits per heavy atom. The number of rotatable bonds is 1. The highest BCUT2D eigenvalue weighted by Gasteiger charge is 2.43. The van der Waals surface area contributed by atoms with E-state index in [1.165, 1.54) is 7.11 Å². The molecule has 2 rings (SSSR count). The molecule has 2 bridgehead atoms. The molecule has 5 heteroatoms. The first-order valence-electron chi connectivity index (χ1n) is 7.20. The van der Waals surface area contributed by atoms with Crippen LogP contribution in [0.15, 0.2) is 0 Å². The van der Waals surface area contributed by atoms with Gasteiger partial charge in [0, 0.05) is 13.5 Å². The Morgan fingerprint density at radius 3 is 2.89 bits per heavy atom. The van der Waals surface area contributed by atoms with Gasteiger partial charge in [0.05, 0.1) is 25.2 Å². The van der Waals surface area contributed by atoms with Crippen molar-refractivity contribution in [3.05, 3.63) is 0 Å². The Labute approximate surface area is 114 Å². The smallest absolute Gasteiger partial charge is 0.311 e. The number of methoxy groups -OCH3 is 1. The summed E-state index contributed by atoms with van der Waals surface area (Å²) in [4.78, 5) is 11.8. The third-order valence-corrected chi connectivity index (χ3v) is 3.93. The second-order valence-corrected chi connectivity index (χ2v) is 5.55. The van der Waals surface area contributed by atoms with E-state index in [1.54, 1.807) is 0 Å². The van der Waals surface area contributed by atoms with Crippen LogP contribution in [0, 0.1) is 0 Å². The van der Waals surface area contributed by atoms with E-state index < -0.39 is 11.9 Å². The number of hydrogen-bond acceptors (Lipinski definition) is 5. The second kappa shape index (κ2) is 6.68. The van der Waals surface area contributed by atoms with Crippen molar-refractivity contribution in [2.75, 3.05) is 13.7 Å². The van der Waals surface area contributed by atoms with Crippen LogP contribution in [-0.2, 0) is 19.0 Å². The summed E-state index contributed by atoms with van der Waals surface area (Å²) >= 11 is 0. The molecule has 1 unspecified atom stereocenters. The molecule has 5 nitrogen and oxygen atoms in total. The average Bonchev–Trinajstić information content (AvgIpc) is 2.35. The quantitative estimate of drug-likeness (QED) is 0.737. The van der Waals surface area contributed by atoms with Crippen molar-refractivity contribution in [3.63, 3.8) is 0 Å². The van der Waals surface area contributed by atoms with Gasteiger partial charge in [-0.05, 0) is 19.3 Å². The zero-order chi connectivity index (χ0) is 13.7. The molecule has 0 aliphatic carbocycles. The van der Waals surface area contributed by atoms with Gasteiger partial charge < -0.3 is 19.3 Å². The van der Waals surface area contributed by atoms with Crippen molar-refractivity contribution in [1.29, 1.82) is 0 Å². The molecular formula is C14H24O5. The van der Waals surface area contributed by atoms with E-state index in [4.69, 9.17) is 14.2 Å². The highest BCUT2D eigenvalue weighted by atomic mass is 16.7. The lowest BCUT2D eigenvalue weighted by molar-refractivity contribution is -0.288. The van der Waals surface area contributed by atoms with Gasteiger partial charge in [-0.2, -0.15) is 0 Å². The molecule has 3 atom stereocenters. The van der Waals surface area contributed by atoms with Crippen molar-refractivity contribution >= 4 is 5.97 Å². The van der Waals surface area contributed by atoms with Crippen LogP contribution in [0.2, 0.25) is 0 Å². The molecule has 2 aliphatic rings. The Kier molecular flexibility index (Phi) is 5.19. The molecule has 2 aliphatic heterocycles. The topological polar surface area (TPSA) is 65.0 Å². The Morgan fingerprint density at radius 1 is 1.32 bits per heavy atom. The molecule has 0 radical (unpaired) electrons. The van der Waals surface area contributed by atoms with Gasteiger partial charge in [-0.15, -0.1) is 0 Å². The minimum Gasteiger partial charge on any atom is -0.466 e. The molecule has 110 valence electrons. The van der Waals surface area contributed by atoms with Crippen molar-refractivity contribution in [1.82, 2.24) is 0 Å². The molecule has 0 amide bonds. The largest absolute Gasteiger partial charge is 0.466 e. The highest BCUT2D eigenvalue weighted by molar-refractivity contribution is 5.70. The monoisotopic (exact) mass is 272 g/mol. The van der Waals surface area contributed by atoms with Crippen LogP contribution in [0.3, 0.4) is 0 Å². The molecule has 0 aromatic carbocycles. The van der Waals surface area contributed by atoms with Crippen molar-refractivity contribution in [3.8, 4) is 0 Å². The summed E-state index contributed by atoms with van der Waals surface area (Å²) in [6.45, 7) is 0.463. The molecule has 2 heterocycles. The molecule has 0 spiro atoms. The van der Waals surface area contributed by atoms with Gasteiger partial charge in [-0.3, -0.25) is 4.79 Å². The zero-order valence-corrected chi connectivity index (χ0v) is 11.6. The average molecular weight is 272 g/mol. The van der Waals surface area contributed by atoms with Crippen molar-refractivity contribution < 1.29 is 24.1 Å². The number of fused-ring (bicyclic) bond motifs is 2. The number of esters is 1. The second-order valence-electron chi connectivity index (χ2n) is 5.55. The third kappa shape index (κ3) is 4.16. The standard InChI is InChI=1S/C14H24O5/c1-17-14-9-11(15)8-12(19-14)6-4-2-3-5-7-18-13(16)10-14/h11-12,15H,2-10H2,1H3/t11?,12-,14-/m0/s1. The van der Waals surface area contributed by atoms with E-state index >= 15 is 0 Å². The van der Waals surface area contributed by atoms with E-state index in [2.05, 4.69) is 0 Å². The minimum atomic E-state index is -1.02. The van der Waals surface area contributed by atoms with Crippen LogP contribution in [0.1, 0.15) is 51.4 Å². The summed E-state index contributed by atoms with van der Waals surface area (Å²) in [5, 5.41) is 9.99. The summed E-state index contributed by atoms with van der Waals surface area (Å²) in [5.74, 6) is -1.33. The number of aliphatic hydroxyl groups is 1. The fourth-order valence-corrected chi connectivity index (χ4v) is 2.92. The predicted octanol–water partition coefficient (Wildman–Crippen LogP) is 1.77. The number of carbonyl (C=O) groups excluding carboxylic acids is 1. The van der Waals surface area contributed by atoms with Gasteiger partial charge in [-0.1, -0.05) is 19.3 Å². The van der Waals surface area contributed by atoms with Gasteiger partial charge >= 0.3 is 5.97 Å². The maximum atomic E-state index is 11.8. The summed E-state index contributed by atoms with van der Waals surface area (Å²) in [6.07, 6.45) is 5.57. The lowest BCUT2D eigenvalue weighted by atomic mass is 9.93. The van der Waals surface area contributed by atoms with Crippen LogP contribution in [0.4, 0.5) is 0 Å². The number of aliphatic hydroxyl groups excluding tert-OH is 1. The molecule has 0 saturated carbocycles. The van der Waals surface area contributed by atoms with Crippen LogP contribution in [0.25, 0.3) is 0 Å². The van der Waals surface area contributed by atoms with E-state index in [1.807, 2.05) is 0 Å². The summed E-state index contributed by atoms with van der Waals surface area (Å²) < 4.78 is 16.6. The number of hydrogen-bond donors (Lipinski definition) is 1. The van der Waals surface area contributed by atoms with Crippen molar-refractivity contribution in [2.45, 2.75) is 69.4 Å². The Balaban J connectivity index is 2.08. The van der Waals surface area contributed by atoms with Gasteiger partial charge in [0.1, 0.15) is 0 Å². The molecule has 0 aromatic rings. The molecule has 2 fully saturated rings. The summed E-state index contributed by atoms with van der Waals surface area (Å²) in [5.41, 5.74) is 0. The first kappa shape index (κ1) is 14.8. The maximum absolute atomic E-state index is 11.8. The highest BCUT2D eigenvalue weighted by Crippen LogP contribution is 2.35. The fraction of sp³-hybridized carbons (Fsp3) is 0.929. The number of ether oxygens (including phenoxy) is 3. The third-order valence-electron chi connectivity index (χ3n) is 3.93. The molecule has 2 saturated heterocycles. The van der Waals surface area contributed by atoms with Crippen LogP contribution < -0.4 is 0 Å². The molecular weight excluding hydrogens is 248 g/mol. The Bertz CT molecular complexity index is 306. The number of cyclic esters (lactones) is 1.